The summed E-state index contributed by atoms with van der Waals surface area (Å²) in [5.74, 6) is 1.52. The van der Waals surface area contributed by atoms with Crippen LogP contribution in [0.15, 0.2) is 47.0 Å². The van der Waals surface area contributed by atoms with Crippen molar-refractivity contribution in [3.05, 3.63) is 52.5 Å². The second-order valence-electron chi connectivity index (χ2n) is 4.31. The van der Waals surface area contributed by atoms with Gasteiger partial charge in [0.1, 0.15) is 0 Å². The summed E-state index contributed by atoms with van der Waals surface area (Å²) in [5.41, 5.74) is 1.31. The van der Waals surface area contributed by atoms with Crippen LogP contribution in [0, 0.1) is 0 Å². The lowest BCUT2D eigenvalue weighted by atomic mass is 9.94. The quantitative estimate of drug-likeness (QED) is 0.914. The van der Waals surface area contributed by atoms with E-state index in [0.29, 0.717) is 5.92 Å². The van der Waals surface area contributed by atoms with Crippen LogP contribution in [0.1, 0.15) is 22.8 Å². The molecular formula is C14H15N3S. The Morgan fingerprint density at radius 2 is 2.17 bits per heavy atom. The molecule has 0 saturated carbocycles. The van der Waals surface area contributed by atoms with Crippen LogP contribution < -0.4 is 5.32 Å². The lowest BCUT2D eigenvalue weighted by molar-refractivity contribution is 0.847. The molecule has 0 spiro atoms. The van der Waals surface area contributed by atoms with E-state index in [-0.39, 0.29) is 0 Å². The van der Waals surface area contributed by atoms with Crippen LogP contribution in [0.2, 0.25) is 0 Å². The summed E-state index contributed by atoms with van der Waals surface area (Å²) in [5, 5.41) is 5.49. The van der Waals surface area contributed by atoms with Crippen LogP contribution >= 0.6 is 11.3 Å². The van der Waals surface area contributed by atoms with E-state index in [2.05, 4.69) is 44.9 Å². The van der Waals surface area contributed by atoms with Crippen molar-refractivity contribution in [2.24, 2.45) is 4.99 Å². The fraction of sp³-hybridized carbons (Fsp3) is 0.286. The fourth-order valence-electron chi connectivity index (χ4n) is 2.25. The van der Waals surface area contributed by atoms with E-state index >= 15 is 0 Å². The van der Waals surface area contributed by atoms with E-state index < -0.39 is 0 Å². The average Bonchev–Trinajstić information content (AvgIpc) is 3.10. The molecule has 3 heterocycles. The second-order valence-corrected chi connectivity index (χ2v) is 5.29. The number of thiophene rings is 1. The predicted molar refractivity (Wildman–Crippen MR) is 75.3 cm³/mol. The highest BCUT2D eigenvalue weighted by Crippen LogP contribution is 2.31. The minimum Gasteiger partial charge on any atom is -0.372 e. The Morgan fingerprint density at radius 3 is 2.83 bits per heavy atom. The van der Waals surface area contributed by atoms with E-state index in [1.54, 1.807) is 11.3 Å². The summed E-state index contributed by atoms with van der Waals surface area (Å²) in [7, 11) is 0. The molecule has 0 unspecified atom stereocenters. The number of aliphatic imine (C=N–C) groups is 1. The molecule has 0 saturated heterocycles. The number of rotatable bonds is 4. The lowest BCUT2D eigenvalue weighted by Crippen LogP contribution is -2.21. The van der Waals surface area contributed by atoms with Gasteiger partial charge >= 0.3 is 0 Å². The number of pyridine rings is 1. The van der Waals surface area contributed by atoms with Crippen LogP contribution in [0.3, 0.4) is 0 Å². The van der Waals surface area contributed by atoms with Gasteiger partial charge < -0.3 is 5.32 Å². The zero-order valence-corrected chi connectivity index (χ0v) is 10.9. The normalized spacial score (nSPS) is 16.1. The SMILES string of the molecule is c1csc([C@@H](CC2=NCCN2)c2ccncc2)c1. The molecule has 3 rings (SSSR count). The molecule has 4 heteroatoms. The second kappa shape index (κ2) is 5.31. The molecule has 0 fully saturated rings. The van der Waals surface area contributed by atoms with E-state index in [1.807, 2.05) is 12.4 Å². The first-order valence-corrected chi connectivity index (χ1v) is 7.02. The number of aromatic nitrogens is 1. The van der Waals surface area contributed by atoms with Crippen molar-refractivity contribution in [2.45, 2.75) is 12.3 Å². The molecule has 0 aliphatic carbocycles. The molecule has 0 bridgehead atoms. The highest BCUT2D eigenvalue weighted by atomic mass is 32.1. The molecule has 2 aromatic rings. The Morgan fingerprint density at radius 1 is 1.28 bits per heavy atom. The van der Waals surface area contributed by atoms with Gasteiger partial charge in [-0.25, -0.2) is 0 Å². The molecule has 18 heavy (non-hydrogen) atoms. The number of nitrogens with zero attached hydrogens (tertiary/aromatic N) is 2. The maximum absolute atomic E-state index is 4.51. The number of amidine groups is 1. The minimum atomic E-state index is 0.386. The van der Waals surface area contributed by atoms with Crippen LogP contribution in [-0.4, -0.2) is 23.9 Å². The largest absolute Gasteiger partial charge is 0.372 e. The molecular weight excluding hydrogens is 242 g/mol. The summed E-state index contributed by atoms with van der Waals surface area (Å²) in [6.45, 7) is 1.88. The molecule has 0 amide bonds. The summed E-state index contributed by atoms with van der Waals surface area (Å²) in [6.07, 6.45) is 4.67. The molecule has 92 valence electrons. The summed E-state index contributed by atoms with van der Waals surface area (Å²) < 4.78 is 0. The summed E-state index contributed by atoms with van der Waals surface area (Å²) in [4.78, 5) is 9.99. The van der Waals surface area contributed by atoms with Crippen LogP contribution in [0.5, 0.6) is 0 Å². The van der Waals surface area contributed by atoms with Gasteiger partial charge in [-0.2, -0.15) is 0 Å². The minimum absolute atomic E-state index is 0.386. The first-order valence-electron chi connectivity index (χ1n) is 6.14. The highest BCUT2D eigenvalue weighted by Gasteiger charge is 2.19. The molecule has 0 radical (unpaired) electrons. The Balaban J connectivity index is 1.89. The van der Waals surface area contributed by atoms with Gasteiger partial charge in [-0.05, 0) is 29.1 Å². The van der Waals surface area contributed by atoms with Crippen LogP contribution in [-0.2, 0) is 0 Å². The number of hydrogen-bond donors (Lipinski definition) is 1. The summed E-state index contributed by atoms with van der Waals surface area (Å²) in [6, 6.07) is 8.50. The van der Waals surface area contributed by atoms with Crippen molar-refractivity contribution in [1.29, 1.82) is 0 Å². The molecule has 1 N–H and O–H groups in total. The van der Waals surface area contributed by atoms with E-state index in [0.717, 1.165) is 25.3 Å². The van der Waals surface area contributed by atoms with Gasteiger partial charge in [0.15, 0.2) is 0 Å². The van der Waals surface area contributed by atoms with Crippen molar-refractivity contribution in [1.82, 2.24) is 10.3 Å². The standard InChI is InChI=1S/C14H15N3S/c1-2-13(18-9-1)12(10-14-16-7-8-17-14)11-3-5-15-6-4-11/h1-6,9,12H,7-8,10H2,(H,16,17)/t12-/m0/s1. The molecule has 1 atom stereocenters. The Labute approximate surface area is 111 Å². The van der Waals surface area contributed by atoms with Gasteiger partial charge in [0.2, 0.25) is 0 Å². The van der Waals surface area contributed by atoms with Gasteiger partial charge in [0, 0.05) is 36.2 Å². The predicted octanol–water partition coefficient (Wildman–Crippen LogP) is 2.67. The van der Waals surface area contributed by atoms with Crippen molar-refractivity contribution in [3.63, 3.8) is 0 Å². The first kappa shape index (κ1) is 11.4. The molecule has 3 nitrogen and oxygen atoms in total. The van der Waals surface area contributed by atoms with Gasteiger partial charge in [0.05, 0.1) is 12.4 Å². The van der Waals surface area contributed by atoms with E-state index in [9.17, 15) is 0 Å². The highest BCUT2D eigenvalue weighted by molar-refractivity contribution is 7.10. The zero-order chi connectivity index (χ0) is 12.2. The van der Waals surface area contributed by atoms with Crippen molar-refractivity contribution in [3.8, 4) is 0 Å². The van der Waals surface area contributed by atoms with Crippen molar-refractivity contribution < 1.29 is 0 Å². The third kappa shape index (κ3) is 2.43. The molecule has 0 aromatic carbocycles. The van der Waals surface area contributed by atoms with Gasteiger partial charge in [-0.1, -0.05) is 6.07 Å². The Bertz CT molecular complexity index is 519. The third-order valence-electron chi connectivity index (χ3n) is 3.14. The maximum Gasteiger partial charge on any atom is 0.0974 e. The Hall–Kier alpha value is -1.68. The zero-order valence-electron chi connectivity index (χ0n) is 10.0. The number of nitrogens with one attached hydrogen (secondary N) is 1. The monoisotopic (exact) mass is 257 g/mol. The van der Waals surface area contributed by atoms with Gasteiger partial charge in [0.25, 0.3) is 0 Å². The lowest BCUT2D eigenvalue weighted by Gasteiger charge is -2.16. The van der Waals surface area contributed by atoms with Crippen molar-refractivity contribution in [2.75, 3.05) is 13.1 Å². The topological polar surface area (TPSA) is 37.3 Å². The molecule has 1 aliphatic heterocycles. The number of hydrogen-bond acceptors (Lipinski definition) is 4. The van der Waals surface area contributed by atoms with E-state index in [4.69, 9.17) is 0 Å². The summed E-state index contributed by atoms with van der Waals surface area (Å²) >= 11 is 1.81. The van der Waals surface area contributed by atoms with Crippen LogP contribution in [0.4, 0.5) is 0 Å². The van der Waals surface area contributed by atoms with Crippen LogP contribution in [0.25, 0.3) is 0 Å². The van der Waals surface area contributed by atoms with E-state index in [1.165, 1.54) is 10.4 Å². The Kier molecular flexibility index (Phi) is 3.37. The van der Waals surface area contributed by atoms with Gasteiger partial charge in [-0.3, -0.25) is 9.98 Å². The third-order valence-corrected chi connectivity index (χ3v) is 4.12. The molecule has 1 aliphatic rings. The fourth-order valence-corrected chi connectivity index (χ4v) is 3.10. The average molecular weight is 257 g/mol. The van der Waals surface area contributed by atoms with Crippen molar-refractivity contribution >= 4 is 17.2 Å². The maximum atomic E-state index is 4.51. The first-order chi connectivity index (χ1) is 8.93. The smallest absolute Gasteiger partial charge is 0.0974 e. The van der Waals surface area contributed by atoms with Gasteiger partial charge in [-0.15, -0.1) is 11.3 Å². The molecule has 2 aromatic heterocycles.